The topological polar surface area (TPSA) is 93.9 Å². The minimum Gasteiger partial charge on any atom is -0.493 e. The van der Waals surface area contributed by atoms with Crippen molar-refractivity contribution in [2.75, 3.05) is 33.9 Å². The van der Waals surface area contributed by atoms with E-state index in [1.165, 1.54) is 13.2 Å². The molecule has 1 unspecified atom stereocenters. The number of amides is 2. The van der Waals surface area contributed by atoms with Crippen molar-refractivity contribution in [3.8, 4) is 11.5 Å². The Hall–Kier alpha value is -2.54. The monoisotopic (exact) mass is 333 g/mol. The molecule has 1 aliphatic heterocycles. The first-order valence-corrected chi connectivity index (χ1v) is 7.76. The number of nitrogens with one attached hydrogen (secondary N) is 1. The van der Waals surface area contributed by atoms with Crippen molar-refractivity contribution in [1.82, 2.24) is 10.2 Å². The van der Waals surface area contributed by atoms with Gasteiger partial charge in [0.25, 0.3) is 5.91 Å². The summed E-state index contributed by atoms with van der Waals surface area (Å²) in [6.07, 6.45) is 4.23. The molecule has 3 N–H and O–H groups in total. The van der Waals surface area contributed by atoms with Crippen LogP contribution in [0.5, 0.6) is 11.5 Å². The summed E-state index contributed by atoms with van der Waals surface area (Å²) in [6, 6.07) is 5.43. The van der Waals surface area contributed by atoms with Crippen LogP contribution < -0.4 is 20.5 Å². The predicted molar refractivity (Wildman–Crippen MR) is 90.8 cm³/mol. The Labute approximate surface area is 141 Å². The van der Waals surface area contributed by atoms with Crippen molar-refractivity contribution in [3.63, 3.8) is 0 Å². The number of nitrogens with two attached hydrogens (primary N) is 1. The number of primary amides is 1. The molecule has 7 heteroatoms. The molecule has 0 aromatic heterocycles. The number of likely N-dealkylation sites (N-methyl/N-ethyl adjacent to an activating group) is 1. The summed E-state index contributed by atoms with van der Waals surface area (Å²) in [7, 11) is 3.32. The third kappa shape index (κ3) is 4.73. The van der Waals surface area contributed by atoms with Gasteiger partial charge in [-0.15, -0.1) is 0 Å². The molecule has 0 radical (unpaired) electrons. The van der Waals surface area contributed by atoms with Gasteiger partial charge in [0.05, 0.1) is 7.11 Å². The first kappa shape index (κ1) is 17.8. The number of carbonyl (C=O) groups excluding carboxylic acids is 2. The summed E-state index contributed by atoms with van der Waals surface area (Å²) in [5, 5.41) is 3.24. The molecule has 1 atom stereocenters. The van der Waals surface area contributed by atoms with Crippen molar-refractivity contribution in [2.45, 2.75) is 12.5 Å². The maximum atomic E-state index is 12.2. The highest BCUT2D eigenvalue weighted by Gasteiger charge is 2.21. The zero-order valence-electron chi connectivity index (χ0n) is 14.0. The lowest BCUT2D eigenvalue weighted by atomic mass is 10.1. The van der Waals surface area contributed by atoms with E-state index in [2.05, 4.69) is 5.32 Å². The lowest BCUT2D eigenvalue weighted by Crippen LogP contribution is -2.37. The highest BCUT2D eigenvalue weighted by molar-refractivity contribution is 5.92. The van der Waals surface area contributed by atoms with Crippen molar-refractivity contribution in [1.29, 1.82) is 0 Å². The Morgan fingerprint density at radius 3 is 2.83 bits per heavy atom. The maximum absolute atomic E-state index is 12.2. The van der Waals surface area contributed by atoms with E-state index in [4.69, 9.17) is 15.2 Å². The van der Waals surface area contributed by atoms with E-state index in [1.807, 2.05) is 7.05 Å². The van der Waals surface area contributed by atoms with Gasteiger partial charge in [0.2, 0.25) is 5.91 Å². The van der Waals surface area contributed by atoms with Gasteiger partial charge in [-0.2, -0.15) is 0 Å². The number of ether oxygens (including phenoxy) is 2. The van der Waals surface area contributed by atoms with E-state index in [-0.39, 0.29) is 18.6 Å². The predicted octanol–water partition coefficient (Wildman–Crippen LogP) is 0.393. The van der Waals surface area contributed by atoms with E-state index in [0.29, 0.717) is 11.5 Å². The van der Waals surface area contributed by atoms with Crippen molar-refractivity contribution in [2.24, 2.45) is 5.73 Å². The van der Waals surface area contributed by atoms with Crippen LogP contribution in [0.3, 0.4) is 0 Å². The van der Waals surface area contributed by atoms with Gasteiger partial charge in [-0.05, 0) is 36.7 Å². The summed E-state index contributed by atoms with van der Waals surface area (Å²) in [4.78, 5) is 24.7. The Morgan fingerprint density at radius 1 is 1.42 bits per heavy atom. The molecule has 7 nitrogen and oxygen atoms in total. The summed E-state index contributed by atoms with van der Waals surface area (Å²) in [5.41, 5.74) is 5.86. The number of carbonyl (C=O) groups is 2. The molecule has 1 aliphatic rings. The van der Waals surface area contributed by atoms with E-state index < -0.39 is 5.91 Å². The molecule has 1 heterocycles. The largest absolute Gasteiger partial charge is 0.493 e. The molecule has 2 rings (SSSR count). The Morgan fingerprint density at radius 2 is 2.21 bits per heavy atom. The number of hydrogen-bond acceptors (Lipinski definition) is 5. The van der Waals surface area contributed by atoms with E-state index in [1.54, 1.807) is 29.2 Å². The van der Waals surface area contributed by atoms with Crippen LogP contribution in [0.25, 0.3) is 6.08 Å². The summed E-state index contributed by atoms with van der Waals surface area (Å²) < 4.78 is 10.5. The zero-order valence-corrected chi connectivity index (χ0v) is 14.0. The normalized spacial score (nSPS) is 17.0. The summed E-state index contributed by atoms with van der Waals surface area (Å²) in [6.45, 7) is 1.55. The van der Waals surface area contributed by atoms with Crippen molar-refractivity contribution in [3.05, 3.63) is 29.8 Å². The minimum atomic E-state index is -0.559. The Kier molecular flexibility index (Phi) is 6.20. The smallest absolute Gasteiger partial charge is 0.255 e. The van der Waals surface area contributed by atoms with Gasteiger partial charge in [-0.3, -0.25) is 9.59 Å². The minimum absolute atomic E-state index is 0.0447. The molecule has 2 amide bonds. The molecule has 0 bridgehead atoms. The second kappa shape index (κ2) is 8.35. The van der Waals surface area contributed by atoms with Crippen LogP contribution in [0.4, 0.5) is 0 Å². The highest BCUT2D eigenvalue weighted by atomic mass is 16.5. The number of hydrogen-bond donors (Lipinski definition) is 2. The molecular weight excluding hydrogens is 310 g/mol. The van der Waals surface area contributed by atoms with Crippen LogP contribution >= 0.6 is 0 Å². The van der Waals surface area contributed by atoms with Gasteiger partial charge in [0.1, 0.15) is 0 Å². The van der Waals surface area contributed by atoms with Crippen LogP contribution in [0.2, 0.25) is 0 Å². The van der Waals surface area contributed by atoms with E-state index in [9.17, 15) is 9.59 Å². The molecule has 0 saturated carbocycles. The number of benzene rings is 1. The molecule has 1 fully saturated rings. The number of methoxy groups -OCH3 is 1. The molecule has 1 aromatic rings. The average Bonchev–Trinajstić information content (AvgIpc) is 3.11. The fourth-order valence-corrected chi connectivity index (χ4v) is 2.49. The maximum Gasteiger partial charge on any atom is 0.255 e. The van der Waals surface area contributed by atoms with Crippen LogP contribution in [-0.4, -0.2) is 56.6 Å². The SMILES string of the molecule is COc1cc(C=CC(=O)N(C)C2CCNC2)ccc1OCC(N)=O. The molecule has 130 valence electrons. The highest BCUT2D eigenvalue weighted by Crippen LogP contribution is 2.28. The van der Waals surface area contributed by atoms with Crippen LogP contribution in [0.15, 0.2) is 24.3 Å². The zero-order chi connectivity index (χ0) is 17.5. The molecule has 0 spiro atoms. The van der Waals surface area contributed by atoms with E-state index in [0.717, 1.165) is 25.1 Å². The fourth-order valence-electron chi connectivity index (χ4n) is 2.49. The van der Waals surface area contributed by atoms with Crippen LogP contribution in [0, 0.1) is 0 Å². The molecule has 1 aromatic carbocycles. The standard InChI is InChI=1S/C17H23N3O4/c1-20(13-7-8-19-10-13)17(22)6-4-12-3-5-14(15(9-12)23-2)24-11-16(18)21/h3-6,9,13,19H,7-8,10-11H2,1-2H3,(H2,18,21). The molecule has 0 aliphatic carbocycles. The average molecular weight is 333 g/mol. The lowest BCUT2D eigenvalue weighted by molar-refractivity contribution is -0.126. The summed E-state index contributed by atoms with van der Waals surface area (Å²) in [5.74, 6) is 0.293. The Bertz CT molecular complexity index is 624. The van der Waals surface area contributed by atoms with Crippen LogP contribution in [0.1, 0.15) is 12.0 Å². The van der Waals surface area contributed by atoms with Gasteiger partial charge >= 0.3 is 0 Å². The van der Waals surface area contributed by atoms with Gasteiger partial charge in [-0.1, -0.05) is 6.07 Å². The molecule has 1 saturated heterocycles. The Balaban J connectivity index is 2.03. The van der Waals surface area contributed by atoms with Crippen molar-refractivity contribution < 1.29 is 19.1 Å². The molecule has 24 heavy (non-hydrogen) atoms. The van der Waals surface area contributed by atoms with Gasteiger partial charge in [0.15, 0.2) is 18.1 Å². The third-order valence-electron chi connectivity index (χ3n) is 3.91. The fraction of sp³-hybridized carbons (Fsp3) is 0.412. The second-order valence-electron chi connectivity index (χ2n) is 5.59. The lowest BCUT2D eigenvalue weighted by Gasteiger charge is -2.22. The number of nitrogens with zero attached hydrogens (tertiary/aromatic N) is 1. The van der Waals surface area contributed by atoms with Gasteiger partial charge in [0, 0.05) is 25.7 Å². The number of rotatable bonds is 7. The van der Waals surface area contributed by atoms with Gasteiger partial charge < -0.3 is 25.4 Å². The van der Waals surface area contributed by atoms with Gasteiger partial charge in [-0.25, -0.2) is 0 Å². The first-order chi connectivity index (χ1) is 11.5. The van der Waals surface area contributed by atoms with E-state index >= 15 is 0 Å². The first-order valence-electron chi connectivity index (χ1n) is 7.76. The second-order valence-corrected chi connectivity index (χ2v) is 5.59. The quantitative estimate of drug-likeness (QED) is 0.704. The van der Waals surface area contributed by atoms with Crippen molar-refractivity contribution >= 4 is 17.9 Å². The van der Waals surface area contributed by atoms with Crippen LogP contribution in [-0.2, 0) is 9.59 Å². The third-order valence-corrected chi connectivity index (χ3v) is 3.91. The molecular formula is C17H23N3O4. The summed E-state index contributed by atoms with van der Waals surface area (Å²) >= 11 is 0.